The molecule has 0 fully saturated rings. The van der Waals surface area contributed by atoms with E-state index in [9.17, 15) is 19.5 Å². The van der Waals surface area contributed by atoms with E-state index in [2.05, 4.69) is 135 Å². The topological polar surface area (TPSA) is 111 Å². The van der Waals surface area contributed by atoms with Gasteiger partial charge in [-0.3, -0.25) is 9.59 Å². The molecule has 0 rings (SSSR count). The molecule has 2 unspecified atom stereocenters. The number of hydrogen-bond donors (Lipinski definition) is 0. The lowest BCUT2D eigenvalue weighted by molar-refractivity contribution is -0.870. The third kappa shape index (κ3) is 59.2. The van der Waals surface area contributed by atoms with Gasteiger partial charge in [0, 0.05) is 12.8 Å². The number of allylic oxidation sites excluding steroid dienone is 20. The first-order valence-electron chi connectivity index (χ1n) is 30.7. The molecule has 438 valence electrons. The summed E-state index contributed by atoms with van der Waals surface area (Å²) in [7, 11) is 5.90. The fourth-order valence-electron chi connectivity index (χ4n) is 8.07. The molecule has 2 atom stereocenters. The minimum Gasteiger partial charge on any atom is -0.545 e. The number of ether oxygens (including phenoxy) is 4. The number of quaternary nitrogens is 1. The molecule has 0 amide bonds. The Morgan fingerprint density at radius 2 is 0.714 bits per heavy atom. The highest BCUT2D eigenvalue weighted by Gasteiger charge is 2.22. The van der Waals surface area contributed by atoms with Crippen molar-refractivity contribution in [1.82, 2.24) is 0 Å². The van der Waals surface area contributed by atoms with Gasteiger partial charge in [-0.1, -0.05) is 245 Å². The van der Waals surface area contributed by atoms with Gasteiger partial charge in [-0.15, -0.1) is 0 Å². The van der Waals surface area contributed by atoms with Gasteiger partial charge in [0.15, 0.2) is 12.4 Å². The first-order valence-corrected chi connectivity index (χ1v) is 30.7. The lowest BCUT2D eigenvalue weighted by atomic mass is 10.0. The number of esters is 2. The third-order valence-electron chi connectivity index (χ3n) is 12.7. The minimum atomic E-state index is -1.64. The zero-order valence-corrected chi connectivity index (χ0v) is 49.8. The Hall–Kier alpha value is -4.31. The van der Waals surface area contributed by atoms with Gasteiger partial charge in [0.2, 0.25) is 0 Å². The zero-order valence-electron chi connectivity index (χ0n) is 49.8. The molecule has 0 aliphatic carbocycles. The van der Waals surface area contributed by atoms with Gasteiger partial charge in [-0.25, -0.2) is 0 Å². The van der Waals surface area contributed by atoms with Crippen molar-refractivity contribution in [3.63, 3.8) is 0 Å². The molecule has 0 bridgehead atoms. The quantitative estimate of drug-likeness (QED) is 0.0195. The molecular formula is C68H113NO8. The number of nitrogens with zero attached hydrogens (tertiary/aromatic N) is 1. The minimum absolute atomic E-state index is 0.134. The van der Waals surface area contributed by atoms with Crippen LogP contribution in [0.1, 0.15) is 232 Å². The second-order valence-electron chi connectivity index (χ2n) is 21.2. The number of carboxylic acid groups (broad SMARTS) is 1. The maximum Gasteiger partial charge on any atom is 0.306 e. The summed E-state index contributed by atoms with van der Waals surface area (Å²) < 4.78 is 22.6. The van der Waals surface area contributed by atoms with Crippen LogP contribution in [-0.2, 0) is 33.3 Å². The van der Waals surface area contributed by atoms with Crippen LogP contribution >= 0.6 is 0 Å². The summed E-state index contributed by atoms with van der Waals surface area (Å²) in [6.45, 7) is 4.45. The summed E-state index contributed by atoms with van der Waals surface area (Å²) in [6.07, 6.45) is 78.5. The molecule has 0 saturated carbocycles. The van der Waals surface area contributed by atoms with E-state index in [1.54, 1.807) is 0 Å². The van der Waals surface area contributed by atoms with Crippen LogP contribution in [0.3, 0.4) is 0 Å². The first-order chi connectivity index (χ1) is 37.6. The standard InChI is InChI=1S/C68H113NO8/c1-6-8-10-12-14-16-18-20-22-24-25-26-27-28-29-30-31-32-33-34-35-36-37-38-39-40-41-43-45-47-49-51-53-55-57-59-66(71)77-64(63-76-68(67(72)73)74-61-60-69(3,4)5)62-75-65(70)58-56-54-52-50-48-46-44-42-23-21-19-17-15-13-11-9-7-2/h8-11,14-17,20-23,25-26,28-29,44,46,50,52,64,68H,6-7,12-13,18-19,24,27,30-43,45,47-49,51,53-63H2,1-5H3/b10-8-,11-9-,16-14-,17-15-,22-20-,23-21-,26-25-,29-28-,46-44-,52-50-. The maximum absolute atomic E-state index is 12.9. The van der Waals surface area contributed by atoms with Crippen molar-refractivity contribution in [2.24, 2.45) is 0 Å². The Labute approximate surface area is 472 Å². The van der Waals surface area contributed by atoms with E-state index in [1.807, 2.05) is 21.1 Å². The maximum atomic E-state index is 12.9. The highest BCUT2D eigenvalue weighted by Crippen LogP contribution is 2.16. The molecule has 0 radical (unpaired) electrons. The lowest BCUT2D eigenvalue weighted by Gasteiger charge is -2.26. The third-order valence-corrected chi connectivity index (χ3v) is 12.7. The van der Waals surface area contributed by atoms with Crippen LogP contribution in [0.2, 0.25) is 0 Å². The summed E-state index contributed by atoms with van der Waals surface area (Å²) in [4.78, 5) is 37.3. The predicted molar refractivity (Wildman–Crippen MR) is 324 cm³/mol. The Morgan fingerprint density at radius 1 is 0.390 bits per heavy atom. The van der Waals surface area contributed by atoms with Crippen molar-refractivity contribution in [1.29, 1.82) is 0 Å². The van der Waals surface area contributed by atoms with Gasteiger partial charge in [0.05, 0.1) is 40.3 Å². The fourth-order valence-corrected chi connectivity index (χ4v) is 8.07. The molecular weight excluding hydrogens is 959 g/mol. The van der Waals surface area contributed by atoms with Gasteiger partial charge in [-0.2, -0.15) is 0 Å². The van der Waals surface area contributed by atoms with Crippen LogP contribution in [-0.4, -0.2) is 82.3 Å². The van der Waals surface area contributed by atoms with Crippen LogP contribution in [0.15, 0.2) is 122 Å². The predicted octanol–water partition coefficient (Wildman–Crippen LogP) is 17.1. The van der Waals surface area contributed by atoms with E-state index in [4.69, 9.17) is 18.9 Å². The van der Waals surface area contributed by atoms with Crippen molar-refractivity contribution >= 4 is 17.9 Å². The second kappa shape index (κ2) is 57.9. The van der Waals surface area contributed by atoms with Gasteiger partial charge in [0.1, 0.15) is 13.2 Å². The molecule has 9 nitrogen and oxygen atoms in total. The average molecular weight is 1070 g/mol. The Kier molecular flexibility index (Phi) is 54.6. The number of aliphatic carboxylic acids is 1. The van der Waals surface area contributed by atoms with Crippen molar-refractivity contribution < 1.29 is 42.9 Å². The summed E-state index contributed by atoms with van der Waals surface area (Å²) >= 11 is 0. The molecule has 0 aromatic heterocycles. The Balaban J connectivity index is 4.15. The van der Waals surface area contributed by atoms with Crippen molar-refractivity contribution in [3.8, 4) is 0 Å². The number of rotatable bonds is 55. The fraction of sp³-hybridized carbons (Fsp3) is 0.662. The van der Waals surface area contributed by atoms with Crippen molar-refractivity contribution in [3.05, 3.63) is 122 Å². The summed E-state index contributed by atoms with van der Waals surface area (Å²) in [5.41, 5.74) is 0. The molecule has 77 heavy (non-hydrogen) atoms. The first kappa shape index (κ1) is 72.7. The molecule has 0 aromatic rings. The highest BCUT2D eigenvalue weighted by molar-refractivity contribution is 5.70. The van der Waals surface area contributed by atoms with Crippen LogP contribution in [0, 0.1) is 0 Å². The summed E-state index contributed by atoms with van der Waals surface area (Å²) in [5.74, 6) is -2.37. The molecule has 0 aliphatic rings. The number of carboxylic acids is 1. The van der Waals surface area contributed by atoms with Crippen molar-refractivity contribution in [2.45, 2.75) is 245 Å². The van der Waals surface area contributed by atoms with E-state index in [0.29, 0.717) is 23.9 Å². The zero-order chi connectivity index (χ0) is 56.2. The second-order valence-corrected chi connectivity index (χ2v) is 21.2. The molecule has 0 saturated heterocycles. The molecule has 0 spiro atoms. The van der Waals surface area contributed by atoms with Gasteiger partial charge < -0.3 is 33.3 Å². The highest BCUT2D eigenvalue weighted by atomic mass is 16.7. The summed E-state index contributed by atoms with van der Waals surface area (Å²) in [6, 6.07) is 0. The number of hydrogen-bond acceptors (Lipinski definition) is 8. The van der Waals surface area contributed by atoms with Crippen LogP contribution in [0.25, 0.3) is 0 Å². The van der Waals surface area contributed by atoms with Crippen LogP contribution < -0.4 is 5.11 Å². The normalized spacial score (nSPS) is 13.6. The number of likely N-dealkylation sites (N-methyl/N-ethyl adjacent to an activating group) is 1. The van der Waals surface area contributed by atoms with E-state index in [1.165, 1.54) is 103 Å². The molecule has 9 heteroatoms. The Morgan fingerprint density at radius 3 is 1.08 bits per heavy atom. The van der Waals surface area contributed by atoms with Crippen LogP contribution in [0.5, 0.6) is 0 Å². The van der Waals surface area contributed by atoms with E-state index in [0.717, 1.165) is 89.9 Å². The van der Waals surface area contributed by atoms with Crippen molar-refractivity contribution in [2.75, 3.05) is 47.5 Å². The largest absolute Gasteiger partial charge is 0.545 e. The van der Waals surface area contributed by atoms with Gasteiger partial charge in [0.25, 0.3) is 0 Å². The van der Waals surface area contributed by atoms with Crippen LogP contribution in [0.4, 0.5) is 0 Å². The van der Waals surface area contributed by atoms with E-state index in [-0.39, 0.29) is 32.7 Å². The molecule has 0 aliphatic heterocycles. The smallest absolute Gasteiger partial charge is 0.306 e. The SMILES string of the molecule is CC/C=C\C/C=C\C/C=C\C/C=C\C/C=C\CCCCCCCCCCCCCCCCCCCCCC(=O)OC(COC(=O)CCC/C=C\C/C=C\C/C=C\C/C=C\C/C=C\CC)COC(OCC[N+](C)(C)C)C(=O)[O-]. The van der Waals surface area contributed by atoms with Gasteiger partial charge in [-0.05, 0) is 96.3 Å². The van der Waals surface area contributed by atoms with E-state index < -0.39 is 30.3 Å². The molecule has 0 N–H and O–H groups in total. The Bertz CT molecular complexity index is 1670. The lowest BCUT2D eigenvalue weighted by Crippen LogP contribution is -2.44. The number of carbonyl (C=O) groups excluding carboxylic acids is 3. The number of unbranched alkanes of at least 4 members (excludes halogenated alkanes) is 20. The molecule has 0 aromatic carbocycles. The monoisotopic (exact) mass is 1070 g/mol. The summed E-state index contributed by atoms with van der Waals surface area (Å²) in [5, 5.41) is 11.8. The van der Waals surface area contributed by atoms with E-state index >= 15 is 0 Å². The molecule has 0 heterocycles. The number of carbonyl (C=O) groups is 3. The van der Waals surface area contributed by atoms with Gasteiger partial charge >= 0.3 is 11.9 Å². The average Bonchev–Trinajstić information content (AvgIpc) is 3.40.